The maximum absolute atomic E-state index is 12.8. The molecule has 0 unspecified atom stereocenters. The van der Waals surface area contributed by atoms with E-state index in [0.717, 1.165) is 17.7 Å². The highest BCUT2D eigenvalue weighted by atomic mass is 127. The molecule has 0 aliphatic rings. The monoisotopic (exact) mass is 628 g/mol. The SMILES string of the molecule is COc1cc(/C=N\NC(=O)CNc2cccc(C(F)(F)F)c2)cc(I)c1OCc1ccc([N+](=O)[O-])cc1. The van der Waals surface area contributed by atoms with E-state index < -0.39 is 22.6 Å². The van der Waals surface area contributed by atoms with Gasteiger partial charge in [0, 0.05) is 17.8 Å². The molecule has 0 saturated carbocycles. The van der Waals surface area contributed by atoms with Gasteiger partial charge in [-0.15, -0.1) is 0 Å². The number of nitrogens with one attached hydrogen (secondary N) is 2. The molecule has 0 aliphatic heterocycles. The Morgan fingerprint density at radius 1 is 1.16 bits per heavy atom. The molecule has 13 heteroatoms. The minimum atomic E-state index is -4.48. The lowest BCUT2D eigenvalue weighted by Crippen LogP contribution is -2.26. The third-order valence-electron chi connectivity index (χ3n) is 4.83. The number of nitro benzene ring substituents is 1. The zero-order chi connectivity index (χ0) is 27.0. The van der Waals surface area contributed by atoms with Crippen molar-refractivity contribution in [2.24, 2.45) is 5.10 Å². The highest BCUT2D eigenvalue weighted by Gasteiger charge is 2.30. The zero-order valence-electron chi connectivity index (χ0n) is 19.2. The Hall–Kier alpha value is -3.88. The number of alkyl halides is 3. The fourth-order valence-corrected chi connectivity index (χ4v) is 3.81. The van der Waals surface area contributed by atoms with E-state index in [0.29, 0.717) is 20.6 Å². The molecule has 3 aromatic carbocycles. The minimum absolute atomic E-state index is 0.0157. The number of halogens is 4. The molecular formula is C24H20F3IN4O5. The molecule has 194 valence electrons. The van der Waals surface area contributed by atoms with Gasteiger partial charge in [-0.05, 0) is 76.2 Å². The average molecular weight is 628 g/mol. The number of rotatable bonds is 10. The van der Waals surface area contributed by atoms with E-state index in [9.17, 15) is 28.1 Å². The standard InChI is InChI=1S/C24H20F3IN4O5/c1-36-21-10-16(9-20(28)23(21)37-14-15-5-7-19(8-6-15)32(34)35)12-30-31-22(33)13-29-18-4-2-3-17(11-18)24(25,26)27/h2-12,29H,13-14H2,1H3,(H,31,33)/b30-12-. The summed E-state index contributed by atoms with van der Waals surface area (Å²) in [5.74, 6) is 0.319. The van der Waals surface area contributed by atoms with E-state index in [-0.39, 0.29) is 24.5 Å². The van der Waals surface area contributed by atoms with Crippen LogP contribution in [0.2, 0.25) is 0 Å². The molecule has 1 amide bonds. The summed E-state index contributed by atoms with van der Waals surface area (Å²) in [5, 5.41) is 17.3. The van der Waals surface area contributed by atoms with Crippen molar-refractivity contribution in [1.29, 1.82) is 0 Å². The van der Waals surface area contributed by atoms with Crippen molar-refractivity contribution >= 4 is 46.1 Å². The van der Waals surface area contributed by atoms with E-state index in [1.54, 1.807) is 24.3 Å². The lowest BCUT2D eigenvalue weighted by atomic mass is 10.2. The van der Waals surface area contributed by atoms with Crippen LogP contribution >= 0.6 is 22.6 Å². The molecule has 0 bridgehead atoms. The van der Waals surface area contributed by atoms with Crippen molar-refractivity contribution in [3.8, 4) is 11.5 Å². The van der Waals surface area contributed by atoms with E-state index in [4.69, 9.17) is 9.47 Å². The lowest BCUT2D eigenvalue weighted by molar-refractivity contribution is -0.384. The van der Waals surface area contributed by atoms with Crippen LogP contribution in [0.25, 0.3) is 0 Å². The molecule has 3 aromatic rings. The number of non-ortho nitro benzene ring substituents is 1. The minimum Gasteiger partial charge on any atom is -0.493 e. The van der Waals surface area contributed by atoms with E-state index in [1.165, 1.54) is 37.6 Å². The number of hydrogen-bond acceptors (Lipinski definition) is 7. The number of nitrogens with zero attached hydrogens (tertiary/aromatic N) is 2. The third kappa shape index (κ3) is 8.06. The molecular weight excluding hydrogens is 608 g/mol. The molecule has 0 aliphatic carbocycles. The molecule has 0 aromatic heterocycles. The van der Waals surface area contributed by atoms with Gasteiger partial charge in [-0.2, -0.15) is 18.3 Å². The normalized spacial score (nSPS) is 11.3. The smallest absolute Gasteiger partial charge is 0.416 e. The number of benzene rings is 3. The Kier molecular flexibility index (Phi) is 9.27. The largest absolute Gasteiger partial charge is 0.493 e. The Bertz CT molecular complexity index is 1300. The van der Waals surface area contributed by atoms with Gasteiger partial charge in [-0.1, -0.05) is 6.07 Å². The first kappa shape index (κ1) is 27.7. The second-order valence-corrected chi connectivity index (χ2v) is 8.63. The Morgan fingerprint density at radius 3 is 2.54 bits per heavy atom. The number of anilines is 1. The van der Waals surface area contributed by atoms with Gasteiger partial charge in [0.2, 0.25) is 0 Å². The van der Waals surface area contributed by atoms with Gasteiger partial charge in [0.25, 0.3) is 11.6 Å². The maximum Gasteiger partial charge on any atom is 0.416 e. The molecule has 2 N–H and O–H groups in total. The summed E-state index contributed by atoms with van der Waals surface area (Å²) < 4.78 is 50.3. The highest BCUT2D eigenvalue weighted by molar-refractivity contribution is 14.1. The molecule has 0 atom stereocenters. The van der Waals surface area contributed by atoms with Crippen LogP contribution in [0.3, 0.4) is 0 Å². The molecule has 0 saturated heterocycles. The molecule has 3 rings (SSSR count). The molecule has 9 nitrogen and oxygen atoms in total. The number of carbonyl (C=O) groups excluding carboxylic acids is 1. The number of carbonyl (C=O) groups is 1. The number of hydrogen-bond donors (Lipinski definition) is 2. The van der Waals surface area contributed by atoms with Crippen molar-refractivity contribution in [2.75, 3.05) is 19.0 Å². The number of hydrazone groups is 1. The van der Waals surface area contributed by atoms with Crippen LogP contribution in [0.15, 0.2) is 65.8 Å². The summed E-state index contributed by atoms with van der Waals surface area (Å²) in [6, 6.07) is 13.9. The first-order valence-electron chi connectivity index (χ1n) is 10.5. The van der Waals surface area contributed by atoms with Crippen molar-refractivity contribution in [3.05, 3.63) is 91.0 Å². The second kappa shape index (κ2) is 12.4. The van der Waals surface area contributed by atoms with Crippen molar-refractivity contribution in [3.63, 3.8) is 0 Å². The molecule has 0 radical (unpaired) electrons. The Balaban J connectivity index is 1.57. The predicted molar refractivity (Wildman–Crippen MR) is 139 cm³/mol. The van der Waals surface area contributed by atoms with Crippen LogP contribution in [-0.4, -0.2) is 30.7 Å². The van der Waals surface area contributed by atoms with Crippen LogP contribution in [0.5, 0.6) is 11.5 Å². The maximum atomic E-state index is 12.8. The molecule has 0 heterocycles. The summed E-state index contributed by atoms with van der Waals surface area (Å²) in [4.78, 5) is 22.3. The first-order chi connectivity index (χ1) is 17.6. The van der Waals surface area contributed by atoms with E-state index >= 15 is 0 Å². The molecule has 37 heavy (non-hydrogen) atoms. The topological polar surface area (TPSA) is 115 Å². The van der Waals surface area contributed by atoms with E-state index in [2.05, 4.69) is 38.4 Å². The number of ether oxygens (including phenoxy) is 2. The van der Waals surface area contributed by atoms with Crippen molar-refractivity contribution < 1.29 is 32.4 Å². The van der Waals surface area contributed by atoms with Gasteiger partial charge in [-0.25, -0.2) is 5.43 Å². The summed E-state index contributed by atoms with van der Waals surface area (Å²) in [6.45, 7) is -0.123. The van der Waals surface area contributed by atoms with Gasteiger partial charge in [0.1, 0.15) is 6.61 Å². The third-order valence-corrected chi connectivity index (χ3v) is 5.63. The number of methoxy groups -OCH3 is 1. The van der Waals surface area contributed by atoms with Gasteiger partial charge < -0.3 is 14.8 Å². The van der Waals surface area contributed by atoms with Gasteiger partial charge >= 0.3 is 6.18 Å². The Labute approximate surface area is 223 Å². The number of nitro groups is 1. The summed E-state index contributed by atoms with van der Waals surface area (Å²) in [7, 11) is 1.46. The highest BCUT2D eigenvalue weighted by Crippen LogP contribution is 2.34. The zero-order valence-corrected chi connectivity index (χ0v) is 21.4. The summed E-state index contributed by atoms with van der Waals surface area (Å²) in [5.41, 5.74) is 2.94. The van der Waals surface area contributed by atoms with Crippen molar-refractivity contribution in [2.45, 2.75) is 12.8 Å². The average Bonchev–Trinajstić information content (AvgIpc) is 2.86. The van der Waals surface area contributed by atoms with Crippen LogP contribution in [0.4, 0.5) is 24.5 Å². The van der Waals surface area contributed by atoms with Crippen LogP contribution < -0.4 is 20.2 Å². The fourth-order valence-electron chi connectivity index (χ4n) is 3.03. The predicted octanol–water partition coefficient (Wildman–Crippen LogP) is 5.37. The number of amides is 1. The Morgan fingerprint density at radius 2 is 1.89 bits per heavy atom. The van der Waals surface area contributed by atoms with Gasteiger partial charge in [0.15, 0.2) is 11.5 Å². The van der Waals surface area contributed by atoms with Crippen LogP contribution in [0, 0.1) is 13.7 Å². The quantitative estimate of drug-likeness (QED) is 0.135. The van der Waals surface area contributed by atoms with E-state index in [1.807, 2.05) is 0 Å². The van der Waals surface area contributed by atoms with Gasteiger partial charge in [0.05, 0.1) is 33.9 Å². The molecule has 0 spiro atoms. The van der Waals surface area contributed by atoms with Crippen molar-refractivity contribution in [1.82, 2.24) is 5.43 Å². The fraction of sp³-hybridized carbons (Fsp3) is 0.167. The first-order valence-corrected chi connectivity index (χ1v) is 11.6. The van der Waals surface area contributed by atoms with Gasteiger partial charge in [-0.3, -0.25) is 14.9 Å². The lowest BCUT2D eigenvalue weighted by Gasteiger charge is -2.13. The summed E-state index contributed by atoms with van der Waals surface area (Å²) >= 11 is 2.05. The van der Waals surface area contributed by atoms with Crippen LogP contribution in [0.1, 0.15) is 16.7 Å². The second-order valence-electron chi connectivity index (χ2n) is 7.47. The molecule has 0 fully saturated rings. The van der Waals surface area contributed by atoms with Crippen LogP contribution in [-0.2, 0) is 17.6 Å². The summed E-state index contributed by atoms with van der Waals surface area (Å²) in [6.07, 6.45) is -3.10.